The molecule has 1 atom stereocenters. The van der Waals surface area contributed by atoms with Gasteiger partial charge in [-0.1, -0.05) is 18.5 Å². The Hall–Kier alpha value is -0.870. The molecule has 0 amide bonds. The number of aromatic nitrogens is 2. The normalized spacial score (nSPS) is 19.5. The number of hydrogen-bond acceptors (Lipinski definition) is 4. The Kier molecular flexibility index (Phi) is 4.99. The van der Waals surface area contributed by atoms with Crippen LogP contribution in [0.15, 0.2) is 0 Å². The van der Waals surface area contributed by atoms with E-state index in [2.05, 4.69) is 21.9 Å². The van der Waals surface area contributed by atoms with Gasteiger partial charge >= 0.3 is 0 Å². The van der Waals surface area contributed by atoms with Crippen molar-refractivity contribution in [1.82, 2.24) is 9.97 Å². The SMILES string of the molecule is CCc1nc(Cl)c(C)c(N(C)CC2CCCOC2)n1. The van der Waals surface area contributed by atoms with Crippen molar-refractivity contribution in [2.45, 2.75) is 33.1 Å². The van der Waals surface area contributed by atoms with E-state index in [1.807, 2.05) is 13.8 Å². The van der Waals surface area contributed by atoms with Gasteiger partial charge in [-0.3, -0.25) is 0 Å². The molecule has 0 aromatic carbocycles. The second-order valence-corrected chi connectivity index (χ2v) is 5.55. The molecule has 5 heteroatoms. The summed E-state index contributed by atoms with van der Waals surface area (Å²) >= 11 is 6.18. The van der Waals surface area contributed by atoms with Gasteiger partial charge in [-0.25, -0.2) is 9.97 Å². The Labute approximate surface area is 120 Å². The van der Waals surface area contributed by atoms with Gasteiger partial charge in [0.15, 0.2) is 0 Å². The van der Waals surface area contributed by atoms with Crippen molar-refractivity contribution in [1.29, 1.82) is 0 Å². The van der Waals surface area contributed by atoms with Crippen molar-refractivity contribution in [3.05, 3.63) is 16.5 Å². The first-order valence-electron chi connectivity index (χ1n) is 6.93. The third-order valence-corrected chi connectivity index (χ3v) is 3.94. The maximum atomic E-state index is 6.18. The van der Waals surface area contributed by atoms with Crippen LogP contribution in [0.25, 0.3) is 0 Å². The second kappa shape index (κ2) is 6.53. The summed E-state index contributed by atoms with van der Waals surface area (Å²) in [7, 11) is 2.07. The highest BCUT2D eigenvalue weighted by molar-refractivity contribution is 6.30. The Morgan fingerprint density at radius 1 is 1.42 bits per heavy atom. The fourth-order valence-corrected chi connectivity index (χ4v) is 2.66. The van der Waals surface area contributed by atoms with E-state index in [0.29, 0.717) is 11.1 Å². The van der Waals surface area contributed by atoms with Gasteiger partial charge in [-0.2, -0.15) is 0 Å². The zero-order valence-corrected chi connectivity index (χ0v) is 12.7. The van der Waals surface area contributed by atoms with E-state index in [1.165, 1.54) is 6.42 Å². The molecule has 0 spiro atoms. The van der Waals surface area contributed by atoms with E-state index in [4.69, 9.17) is 16.3 Å². The van der Waals surface area contributed by atoms with Gasteiger partial charge in [0.05, 0.1) is 6.61 Å². The van der Waals surface area contributed by atoms with Crippen molar-refractivity contribution in [3.8, 4) is 0 Å². The number of halogens is 1. The van der Waals surface area contributed by atoms with Crippen molar-refractivity contribution in [2.24, 2.45) is 5.92 Å². The topological polar surface area (TPSA) is 38.2 Å². The van der Waals surface area contributed by atoms with Gasteiger partial charge < -0.3 is 9.64 Å². The molecule has 4 nitrogen and oxygen atoms in total. The van der Waals surface area contributed by atoms with Gasteiger partial charge in [-0.15, -0.1) is 0 Å². The summed E-state index contributed by atoms with van der Waals surface area (Å²) in [5, 5.41) is 0.564. The molecule has 0 N–H and O–H groups in total. The van der Waals surface area contributed by atoms with Crippen molar-refractivity contribution >= 4 is 17.4 Å². The maximum Gasteiger partial charge on any atom is 0.137 e. The molecule has 1 aromatic heterocycles. The average Bonchev–Trinajstić information content (AvgIpc) is 2.42. The largest absolute Gasteiger partial charge is 0.381 e. The Morgan fingerprint density at radius 2 is 2.21 bits per heavy atom. The average molecular weight is 284 g/mol. The van der Waals surface area contributed by atoms with Crippen LogP contribution in [0.3, 0.4) is 0 Å². The Bertz CT molecular complexity index is 433. The lowest BCUT2D eigenvalue weighted by Gasteiger charge is -2.28. The summed E-state index contributed by atoms with van der Waals surface area (Å²) < 4.78 is 5.53. The molecular formula is C14H22ClN3O. The Morgan fingerprint density at radius 3 is 2.84 bits per heavy atom. The van der Waals surface area contributed by atoms with Crippen molar-refractivity contribution in [2.75, 3.05) is 31.7 Å². The number of anilines is 1. The zero-order chi connectivity index (χ0) is 13.8. The van der Waals surface area contributed by atoms with Crippen molar-refractivity contribution < 1.29 is 4.74 Å². The highest BCUT2D eigenvalue weighted by Gasteiger charge is 2.19. The molecule has 1 aromatic rings. The molecule has 1 aliphatic rings. The van der Waals surface area contributed by atoms with Crippen LogP contribution in [0, 0.1) is 12.8 Å². The van der Waals surface area contributed by atoms with Gasteiger partial charge in [0.1, 0.15) is 16.8 Å². The van der Waals surface area contributed by atoms with Crippen LogP contribution < -0.4 is 4.90 Å². The maximum absolute atomic E-state index is 6.18. The molecule has 1 unspecified atom stereocenters. The predicted molar refractivity (Wildman–Crippen MR) is 78.0 cm³/mol. The summed E-state index contributed by atoms with van der Waals surface area (Å²) in [5.41, 5.74) is 0.957. The van der Waals surface area contributed by atoms with Crippen LogP contribution in [0.1, 0.15) is 31.2 Å². The van der Waals surface area contributed by atoms with E-state index in [-0.39, 0.29) is 0 Å². The van der Waals surface area contributed by atoms with E-state index in [0.717, 1.165) is 49.8 Å². The standard InChI is InChI=1S/C14H22ClN3O/c1-4-12-16-13(15)10(2)14(17-12)18(3)8-11-6-5-7-19-9-11/h11H,4-9H2,1-3H3. The van der Waals surface area contributed by atoms with Crippen LogP contribution in [0.5, 0.6) is 0 Å². The zero-order valence-electron chi connectivity index (χ0n) is 11.9. The molecule has 0 bridgehead atoms. The lowest BCUT2D eigenvalue weighted by atomic mass is 10.0. The van der Waals surface area contributed by atoms with Gasteiger partial charge in [0.2, 0.25) is 0 Å². The number of rotatable bonds is 4. The summed E-state index contributed by atoms with van der Waals surface area (Å²) in [6.07, 6.45) is 3.18. The molecule has 19 heavy (non-hydrogen) atoms. The minimum atomic E-state index is 0.564. The molecule has 1 fully saturated rings. The number of hydrogen-bond donors (Lipinski definition) is 0. The van der Waals surface area contributed by atoms with E-state index >= 15 is 0 Å². The predicted octanol–water partition coefficient (Wildman–Crippen LogP) is 2.86. The summed E-state index contributed by atoms with van der Waals surface area (Å²) in [6.45, 7) is 6.73. The van der Waals surface area contributed by atoms with Crippen molar-refractivity contribution in [3.63, 3.8) is 0 Å². The van der Waals surface area contributed by atoms with E-state index < -0.39 is 0 Å². The van der Waals surface area contributed by atoms with E-state index in [1.54, 1.807) is 0 Å². The van der Waals surface area contributed by atoms with Crippen LogP contribution in [-0.4, -0.2) is 36.8 Å². The molecule has 106 valence electrons. The highest BCUT2D eigenvalue weighted by Crippen LogP contribution is 2.24. The molecule has 2 rings (SSSR count). The first-order valence-corrected chi connectivity index (χ1v) is 7.31. The van der Waals surface area contributed by atoms with Crippen LogP contribution in [0.2, 0.25) is 5.15 Å². The third-order valence-electron chi connectivity index (χ3n) is 3.57. The molecule has 0 saturated carbocycles. The molecular weight excluding hydrogens is 262 g/mol. The lowest BCUT2D eigenvalue weighted by molar-refractivity contribution is 0.0576. The minimum Gasteiger partial charge on any atom is -0.381 e. The molecule has 1 aliphatic heterocycles. The molecule has 0 radical (unpaired) electrons. The number of aryl methyl sites for hydroxylation is 1. The summed E-state index contributed by atoms with van der Waals surface area (Å²) in [5.74, 6) is 2.33. The van der Waals surface area contributed by atoms with Crippen LogP contribution >= 0.6 is 11.6 Å². The second-order valence-electron chi connectivity index (χ2n) is 5.20. The first-order chi connectivity index (χ1) is 9.11. The highest BCUT2D eigenvalue weighted by atomic mass is 35.5. The van der Waals surface area contributed by atoms with Gasteiger partial charge in [-0.05, 0) is 25.7 Å². The fourth-order valence-electron chi connectivity index (χ4n) is 2.48. The molecule has 0 aliphatic carbocycles. The van der Waals surface area contributed by atoms with Gasteiger partial charge in [0.25, 0.3) is 0 Å². The molecule has 1 saturated heterocycles. The number of ether oxygens (including phenoxy) is 1. The summed E-state index contributed by atoms with van der Waals surface area (Å²) in [6, 6.07) is 0. The fraction of sp³-hybridized carbons (Fsp3) is 0.714. The minimum absolute atomic E-state index is 0.564. The smallest absolute Gasteiger partial charge is 0.137 e. The Balaban J connectivity index is 2.13. The van der Waals surface area contributed by atoms with Gasteiger partial charge in [0, 0.05) is 32.2 Å². The summed E-state index contributed by atoms with van der Waals surface area (Å²) in [4.78, 5) is 11.1. The molecule has 2 heterocycles. The monoisotopic (exact) mass is 283 g/mol. The van der Waals surface area contributed by atoms with Crippen LogP contribution in [0.4, 0.5) is 5.82 Å². The van der Waals surface area contributed by atoms with E-state index in [9.17, 15) is 0 Å². The number of nitrogens with zero attached hydrogens (tertiary/aromatic N) is 3. The van der Waals surface area contributed by atoms with Crippen LogP contribution in [-0.2, 0) is 11.2 Å². The quantitative estimate of drug-likeness (QED) is 0.797. The third kappa shape index (κ3) is 3.57. The lowest BCUT2D eigenvalue weighted by Crippen LogP contribution is -2.32. The first kappa shape index (κ1) is 14.5.